The number of rotatable bonds is 15. The fourth-order valence-corrected chi connectivity index (χ4v) is 14.1. The predicted octanol–water partition coefficient (Wildman–Crippen LogP) is 8.96. The minimum absolute atomic E-state index is 0.0212. The van der Waals surface area contributed by atoms with E-state index >= 15 is 4.79 Å². The number of carboxylic acid groups (broad SMARTS) is 1. The van der Waals surface area contributed by atoms with Gasteiger partial charge >= 0.3 is 16.2 Å². The number of carbonyl (C=O) groups is 5. The number of fused-ring (bicyclic) bond motifs is 15. The molecular formula is C66H62FN8O11S+. The van der Waals surface area contributed by atoms with Gasteiger partial charge in [-0.2, -0.15) is 8.42 Å². The Hall–Kier alpha value is -9.44. The van der Waals surface area contributed by atoms with Gasteiger partial charge in [0.1, 0.15) is 43.8 Å². The fraction of sp³-hybridized carbons (Fsp3) is 0.273. The molecule has 21 heteroatoms. The zero-order valence-corrected chi connectivity index (χ0v) is 49.5. The fourth-order valence-electron chi connectivity index (χ4n) is 13.6. The third-order valence-electron chi connectivity index (χ3n) is 17.8. The molecule has 1 unspecified atom stereocenters. The molecule has 0 spiro atoms. The Kier molecular flexibility index (Phi) is 13.8. The molecule has 19 nitrogen and oxygen atoms in total. The average Bonchev–Trinajstić information content (AvgIpc) is 1.51. The van der Waals surface area contributed by atoms with Crippen molar-refractivity contribution in [1.82, 2.24) is 34.6 Å². The lowest BCUT2D eigenvalue weighted by molar-refractivity contribution is -0.266. The Morgan fingerprint density at radius 3 is 2.23 bits per heavy atom. The molecule has 4 amide bonds. The number of ether oxygens (including phenoxy) is 2. The second kappa shape index (κ2) is 21.2. The van der Waals surface area contributed by atoms with Crippen molar-refractivity contribution in [1.29, 1.82) is 0 Å². The first-order chi connectivity index (χ1) is 41.7. The smallest absolute Gasteiger partial charge is 0.336 e. The van der Waals surface area contributed by atoms with Crippen LogP contribution >= 0.6 is 0 Å². The van der Waals surface area contributed by atoms with Crippen LogP contribution in [0.3, 0.4) is 0 Å². The van der Waals surface area contributed by atoms with Gasteiger partial charge in [-0.25, -0.2) is 9.37 Å². The molecule has 8 aromatic rings. The zero-order valence-electron chi connectivity index (χ0n) is 48.7. The van der Waals surface area contributed by atoms with Crippen LogP contribution in [-0.2, 0) is 36.8 Å². The van der Waals surface area contributed by atoms with E-state index in [1.165, 1.54) is 18.2 Å². The predicted molar refractivity (Wildman–Crippen MR) is 328 cm³/mol. The van der Waals surface area contributed by atoms with Crippen LogP contribution in [0, 0.1) is 0 Å². The molecule has 1 fully saturated rings. The number of anilines is 1. The van der Waals surface area contributed by atoms with Crippen molar-refractivity contribution in [3.63, 3.8) is 0 Å². The van der Waals surface area contributed by atoms with E-state index in [-0.39, 0.29) is 42.0 Å². The van der Waals surface area contributed by atoms with Crippen LogP contribution in [-0.4, -0.2) is 124 Å². The number of likely N-dealkylation sites (N-methyl/N-ethyl adjacent to an activating group) is 1. The highest BCUT2D eigenvalue weighted by atomic mass is 32.3. The first kappa shape index (κ1) is 56.7. The molecule has 4 N–H and O–H groups in total. The molecule has 1 saturated heterocycles. The van der Waals surface area contributed by atoms with Crippen LogP contribution in [0.4, 0.5) is 9.57 Å². The van der Waals surface area contributed by atoms with E-state index in [0.29, 0.717) is 58.4 Å². The molecule has 444 valence electrons. The highest BCUT2D eigenvalue weighted by Crippen LogP contribution is 2.54. The number of halogens is 1. The summed E-state index contributed by atoms with van der Waals surface area (Å²) in [4.78, 5) is 73.6. The monoisotopic (exact) mass is 1190 g/mol. The summed E-state index contributed by atoms with van der Waals surface area (Å²) in [5, 5.41) is 24.7. The molecule has 87 heavy (non-hydrogen) atoms. The second-order valence-corrected chi connectivity index (χ2v) is 24.5. The van der Waals surface area contributed by atoms with E-state index in [4.69, 9.17) is 13.9 Å². The summed E-state index contributed by atoms with van der Waals surface area (Å²) in [6, 6.07) is 34.3. The first-order valence-electron chi connectivity index (χ1n) is 28.6. The Morgan fingerprint density at radius 1 is 0.828 bits per heavy atom. The number of hydrogen-bond donors (Lipinski definition) is 4. The van der Waals surface area contributed by atoms with Crippen LogP contribution < -0.4 is 30.8 Å². The molecule has 5 atom stereocenters. The maximum absolute atomic E-state index is 15.5. The highest BCUT2D eigenvalue weighted by molar-refractivity contribution is 7.86. The number of hydrogen-bond acceptors (Lipinski definition) is 11. The maximum Gasteiger partial charge on any atom is 0.336 e. The van der Waals surface area contributed by atoms with Gasteiger partial charge in [0.25, 0.3) is 17.7 Å². The SMILES string of the molecule is CO[C@@H]1[C@H](N(C)C(=O)C(CCCCNC(=O)c2ccc(-c3c4ccc(=[N+](C)C)cc-4oc4cc(N(C)C)ccc34)c(C(=O)O)c2)NC(=O)c2ccc(S(=O)(=O)F)cc2)C[C@H]2O[C@]1(C)n1c3ccccc3c3c4c(c5c6ccccc6n2c5c31)C(=O)NC4. The van der Waals surface area contributed by atoms with Crippen molar-refractivity contribution in [2.24, 2.45) is 0 Å². The molecule has 5 aliphatic rings. The molecule has 4 aliphatic heterocycles. The number of amides is 4. The summed E-state index contributed by atoms with van der Waals surface area (Å²) in [6.45, 7) is 2.40. The number of nitrogens with zero attached hydrogens (tertiary/aromatic N) is 5. The summed E-state index contributed by atoms with van der Waals surface area (Å²) >= 11 is 0. The van der Waals surface area contributed by atoms with Crippen molar-refractivity contribution in [3.8, 4) is 22.5 Å². The van der Waals surface area contributed by atoms with Gasteiger partial charge in [0, 0.05) is 115 Å². The Bertz CT molecular complexity index is 4760. The molecule has 6 aromatic carbocycles. The van der Waals surface area contributed by atoms with Gasteiger partial charge in [0.05, 0.1) is 50.2 Å². The summed E-state index contributed by atoms with van der Waals surface area (Å²) in [6.07, 6.45) is -0.624. The highest BCUT2D eigenvalue weighted by Gasteiger charge is 2.55. The van der Waals surface area contributed by atoms with Crippen molar-refractivity contribution < 1.29 is 55.3 Å². The van der Waals surface area contributed by atoms with Crippen molar-refractivity contribution in [2.45, 2.75) is 74.2 Å². The lowest BCUT2D eigenvalue weighted by Gasteiger charge is -2.51. The van der Waals surface area contributed by atoms with Crippen molar-refractivity contribution >= 4 is 100 Å². The number of aromatic carboxylic acids is 1. The standard InChI is InChI=1S/C66H61FN8O11S/c1-66-60(84-7)50(33-53(86-66)74-48-17-10-8-14-41(48)56-57-46(34-69-63(57)78)55-42-15-9-11-18-49(42)75(66)59(55)58(56)74)73(6)64(79)47(70-62(77)35-19-24-39(25-20-35)87(67,82)83)16-12-13-29-68-61(76)36-21-26-40(45(30-36)65(80)81)54-43-27-22-37(71(2)3)31-51(43)85-52-32-38(72(4)5)23-28-44(52)54/h8-11,14-15,17-28,30-32,47,50,53,60H,12-13,16,29,33-34H2,1-7H3,(H3-,68,69,70,76,77,78,80,81)/p+1/t47?,50-,53-,60-,66+/m1/s1. The number of para-hydroxylation sites is 2. The Balaban J connectivity index is 0.796. The van der Waals surface area contributed by atoms with Crippen LogP contribution in [0.15, 0.2) is 137 Å². The van der Waals surface area contributed by atoms with Gasteiger partial charge in [-0.1, -0.05) is 42.5 Å². The molecule has 1 aliphatic carbocycles. The quantitative estimate of drug-likeness (QED) is 0.0327. The van der Waals surface area contributed by atoms with Gasteiger partial charge in [-0.05, 0) is 104 Å². The molecule has 2 bridgehead atoms. The minimum Gasteiger partial charge on any atom is -0.478 e. The first-order valence-corrected chi connectivity index (χ1v) is 30.0. The van der Waals surface area contributed by atoms with E-state index in [9.17, 15) is 36.6 Å². The Labute approximate surface area is 498 Å². The third kappa shape index (κ3) is 9.16. The molecule has 13 rings (SSSR count). The molecular weight excluding hydrogens is 1130 g/mol. The Morgan fingerprint density at radius 2 is 1.53 bits per heavy atom. The van der Waals surface area contributed by atoms with Gasteiger partial charge < -0.3 is 53.9 Å². The van der Waals surface area contributed by atoms with E-state index in [1.807, 2.05) is 130 Å². The van der Waals surface area contributed by atoms with E-state index in [1.54, 1.807) is 31.2 Å². The third-order valence-corrected chi connectivity index (χ3v) is 18.6. The lowest BCUT2D eigenvalue weighted by Crippen LogP contribution is -2.63. The summed E-state index contributed by atoms with van der Waals surface area (Å²) < 4.78 is 64.0. The number of unbranched alkanes of at least 4 members (excludes halogenated alkanes) is 1. The molecule has 2 aromatic heterocycles. The summed E-state index contributed by atoms with van der Waals surface area (Å²) in [7, 11) is 5.84. The van der Waals surface area contributed by atoms with Crippen molar-refractivity contribution in [3.05, 3.63) is 161 Å². The van der Waals surface area contributed by atoms with Gasteiger partial charge in [0.15, 0.2) is 5.72 Å². The van der Waals surface area contributed by atoms with Gasteiger partial charge in [-0.3, -0.25) is 19.2 Å². The number of benzene rings is 7. The van der Waals surface area contributed by atoms with Crippen molar-refractivity contribution in [2.75, 3.05) is 53.8 Å². The number of aromatic nitrogens is 2. The van der Waals surface area contributed by atoms with E-state index in [2.05, 4.69) is 25.1 Å². The van der Waals surface area contributed by atoms with Gasteiger partial charge in [0.2, 0.25) is 11.3 Å². The zero-order chi connectivity index (χ0) is 61.1. The topological polar surface area (TPSA) is 227 Å². The lowest BCUT2D eigenvalue weighted by atomic mass is 9.89. The van der Waals surface area contributed by atoms with Gasteiger partial charge in [-0.15, -0.1) is 3.89 Å². The molecule has 0 radical (unpaired) electrons. The summed E-state index contributed by atoms with van der Waals surface area (Å²) in [5.41, 5.74) is 6.74. The van der Waals surface area contributed by atoms with Crippen LogP contribution in [0.1, 0.15) is 85.8 Å². The number of nitrogens with one attached hydrogen (secondary N) is 3. The largest absolute Gasteiger partial charge is 0.478 e. The maximum atomic E-state index is 15.5. The van der Waals surface area contributed by atoms with E-state index in [0.717, 1.165) is 72.4 Å². The normalized spacial score (nSPS) is 18.3. The van der Waals surface area contributed by atoms with Crippen LogP contribution in [0.25, 0.3) is 77.0 Å². The minimum atomic E-state index is -5.07. The number of carbonyl (C=O) groups excluding carboxylic acids is 4. The van der Waals surface area contributed by atoms with Crippen LogP contribution in [0.2, 0.25) is 0 Å². The summed E-state index contributed by atoms with van der Waals surface area (Å²) in [5.74, 6) is -2.57. The molecule has 0 saturated carbocycles. The molecule has 6 heterocycles. The number of methoxy groups -OCH3 is 1. The number of carboxylic acids is 1. The van der Waals surface area contributed by atoms with E-state index < -0.39 is 69.0 Å². The average molecular weight is 1190 g/mol. The second-order valence-electron chi connectivity index (χ2n) is 23.2. The van der Waals surface area contributed by atoms with Crippen LogP contribution in [0.5, 0.6) is 0 Å².